The molecular weight excluding hydrogens is 451 g/mol. The molecule has 1 unspecified atom stereocenters. The van der Waals surface area contributed by atoms with Gasteiger partial charge < -0.3 is 14.4 Å². The van der Waals surface area contributed by atoms with Gasteiger partial charge in [0.15, 0.2) is 9.84 Å². The van der Waals surface area contributed by atoms with E-state index in [1.54, 1.807) is 4.90 Å². The Kier molecular flexibility index (Phi) is 6.98. The van der Waals surface area contributed by atoms with E-state index in [-0.39, 0.29) is 23.2 Å². The molecular formula is C23H33FN2O6S. The fourth-order valence-electron chi connectivity index (χ4n) is 4.19. The molecule has 10 heteroatoms. The number of amides is 2. The molecule has 0 aromatic heterocycles. The van der Waals surface area contributed by atoms with Crippen molar-refractivity contribution < 1.29 is 31.9 Å². The summed E-state index contributed by atoms with van der Waals surface area (Å²) in [6.07, 6.45) is 3.16. The smallest absolute Gasteiger partial charge is 0.415 e. The highest BCUT2D eigenvalue weighted by molar-refractivity contribution is 7.90. The molecule has 0 N–H and O–H groups in total. The molecule has 2 saturated heterocycles. The number of carbonyl (C=O) groups excluding carboxylic acids is 2. The summed E-state index contributed by atoms with van der Waals surface area (Å²) in [7, 11) is -3.55. The first kappa shape index (κ1) is 25.3. The van der Waals surface area contributed by atoms with Crippen molar-refractivity contribution >= 4 is 27.7 Å². The minimum absolute atomic E-state index is 0.00166. The van der Waals surface area contributed by atoms with Crippen LogP contribution < -0.4 is 4.90 Å². The molecule has 0 saturated carbocycles. The lowest BCUT2D eigenvalue weighted by Gasteiger charge is -2.34. The number of hydrogen-bond acceptors (Lipinski definition) is 6. The molecule has 2 heterocycles. The predicted molar refractivity (Wildman–Crippen MR) is 122 cm³/mol. The van der Waals surface area contributed by atoms with Crippen LogP contribution in [-0.4, -0.2) is 62.6 Å². The van der Waals surface area contributed by atoms with Gasteiger partial charge in [0.1, 0.15) is 17.0 Å². The van der Waals surface area contributed by atoms with Gasteiger partial charge in [0.05, 0.1) is 17.1 Å². The van der Waals surface area contributed by atoms with Crippen LogP contribution in [0.3, 0.4) is 0 Å². The third kappa shape index (κ3) is 6.37. The second-order valence-corrected chi connectivity index (χ2v) is 12.3. The summed E-state index contributed by atoms with van der Waals surface area (Å²) in [6.45, 7) is 8.78. The minimum atomic E-state index is -3.55. The van der Waals surface area contributed by atoms with Gasteiger partial charge in [-0.25, -0.2) is 22.4 Å². The monoisotopic (exact) mass is 484 g/mol. The molecule has 3 rings (SSSR count). The van der Waals surface area contributed by atoms with Gasteiger partial charge in [-0.3, -0.25) is 4.90 Å². The first-order valence-electron chi connectivity index (χ1n) is 11.1. The molecule has 2 aliphatic heterocycles. The van der Waals surface area contributed by atoms with Gasteiger partial charge in [-0.05, 0) is 77.5 Å². The first-order chi connectivity index (χ1) is 15.2. The summed E-state index contributed by atoms with van der Waals surface area (Å²) in [5.74, 6) is -0.396. The van der Waals surface area contributed by atoms with Gasteiger partial charge in [0, 0.05) is 19.3 Å². The zero-order valence-electron chi connectivity index (χ0n) is 19.9. The van der Waals surface area contributed by atoms with E-state index in [2.05, 4.69) is 0 Å². The van der Waals surface area contributed by atoms with Crippen molar-refractivity contribution in [2.24, 2.45) is 5.92 Å². The summed E-state index contributed by atoms with van der Waals surface area (Å²) in [5, 5.41) is 0. The van der Waals surface area contributed by atoms with E-state index in [4.69, 9.17) is 9.47 Å². The van der Waals surface area contributed by atoms with E-state index in [9.17, 15) is 22.4 Å². The average Bonchev–Trinajstić information content (AvgIpc) is 2.99. The van der Waals surface area contributed by atoms with Crippen LogP contribution in [0.15, 0.2) is 23.1 Å². The molecule has 1 aromatic rings. The number of carbonyl (C=O) groups is 2. The van der Waals surface area contributed by atoms with Crippen molar-refractivity contribution in [2.75, 3.05) is 30.8 Å². The fraction of sp³-hybridized carbons (Fsp3) is 0.652. The van der Waals surface area contributed by atoms with Gasteiger partial charge in [0.25, 0.3) is 0 Å². The van der Waals surface area contributed by atoms with E-state index in [1.165, 1.54) is 17.0 Å². The zero-order valence-corrected chi connectivity index (χ0v) is 20.7. The van der Waals surface area contributed by atoms with Crippen molar-refractivity contribution in [3.63, 3.8) is 0 Å². The highest BCUT2D eigenvalue weighted by Crippen LogP contribution is 2.35. The first-order valence-corrected chi connectivity index (χ1v) is 13.0. The van der Waals surface area contributed by atoms with Crippen molar-refractivity contribution in [3.05, 3.63) is 24.0 Å². The second kappa shape index (κ2) is 9.12. The summed E-state index contributed by atoms with van der Waals surface area (Å²) >= 11 is 0. The molecule has 1 aromatic carbocycles. The maximum Gasteiger partial charge on any atom is 0.415 e. The Morgan fingerprint density at radius 1 is 1.27 bits per heavy atom. The lowest BCUT2D eigenvalue weighted by molar-refractivity contribution is 0.0158. The Balaban J connectivity index is 1.55. The second-order valence-electron chi connectivity index (χ2n) is 10.2. The Bertz CT molecular complexity index is 1010. The summed E-state index contributed by atoms with van der Waals surface area (Å²) in [5.41, 5.74) is -1.30. The van der Waals surface area contributed by atoms with Gasteiger partial charge in [-0.1, -0.05) is 0 Å². The molecule has 0 radical (unpaired) electrons. The van der Waals surface area contributed by atoms with Crippen LogP contribution in [0.2, 0.25) is 0 Å². The SMILES string of the molecule is CC(C)(C)OC(=O)N1CCC(CCC2(C)CN(c3ccc(S(C)(=O)=O)cc3F)C(=O)O2)CC1. The highest BCUT2D eigenvalue weighted by Gasteiger charge is 2.43. The molecule has 2 aliphatic rings. The van der Waals surface area contributed by atoms with Gasteiger partial charge in [0.2, 0.25) is 0 Å². The van der Waals surface area contributed by atoms with Gasteiger partial charge >= 0.3 is 12.2 Å². The summed E-state index contributed by atoms with van der Waals surface area (Å²) in [6, 6.07) is 3.51. The molecule has 0 aliphatic carbocycles. The van der Waals surface area contributed by atoms with Crippen LogP contribution in [0.1, 0.15) is 53.4 Å². The van der Waals surface area contributed by atoms with Crippen LogP contribution in [-0.2, 0) is 19.3 Å². The van der Waals surface area contributed by atoms with Gasteiger partial charge in [-0.15, -0.1) is 0 Å². The van der Waals surface area contributed by atoms with Crippen molar-refractivity contribution in [2.45, 2.75) is 69.5 Å². The number of benzene rings is 1. The summed E-state index contributed by atoms with van der Waals surface area (Å²) in [4.78, 5) is 27.5. The summed E-state index contributed by atoms with van der Waals surface area (Å²) < 4.78 is 48.9. The Morgan fingerprint density at radius 2 is 1.91 bits per heavy atom. The molecule has 0 bridgehead atoms. The number of likely N-dealkylation sites (tertiary alicyclic amines) is 1. The fourth-order valence-corrected chi connectivity index (χ4v) is 4.82. The number of anilines is 1. The Morgan fingerprint density at radius 3 is 2.45 bits per heavy atom. The molecule has 1 atom stereocenters. The maximum atomic E-state index is 14.6. The molecule has 0 spiro atoms. The van der Waals surface area contributed by atoms with E-state index in [0.717, 1.165) is 31.6 Å². The molecule has 33 heavy (non-hydrogen) atoms. The van der Waals surface area contributed by atoms with Crippen molar-refractivity contribution in [1.29, 1.82) is 0 Å². The quantitative estimate of drug-likeness (QED) is 0.616. The number of piperidine rings is 1. The van der Waals surface area contributed by atoms with Crippen molar-refractivity contribution in [3.8, 4) is 0 Å². The number of sulfone groups is 1. The number of ether oxygens (including phenoxy) is 2. The van der Waals surface area contributed by atoms with Crippen LogP contribution in [0.25, 0.3) is 0 Å². The molecule has 8 nitrogen and oxygen atoms in total. The minimum Gasteiger partial charge on any atom is -0.444 e. The number of nitrogens with zero attached hydrogens (tertiary/aromatic N) is 2. The van der Waals surface area contributed by atoms with E-state index in [1.807, 2.05) is 27.7 Å². The molecule has 2 amide bonds. The Hall–Kier alpha value is -2.36. The van der Waals surface area contributed by atoms with Crippen LogP contribution >= 0.6 is 0 Å². The highest BCUT2D eigenvalue weighted by atomic mass is 32.2. The molecule has 2 fully saturated rings. The van der Waals surface area contributed by atoms with Crippen LogP contribution in [0, 0.1) is 11.7 Å². The number of hydrogen-bond donors (Lipinski definition) is 0. The number of halogens is 1. The van der Waals surface area contributed by atoms with E-state index >= 15 is 0 Å². The lowest BCUT2D eigenvalue weighted by atomic mass is 9.87. The van der Waals surface area contributed by atoms with E-state index < -0.39 is 32.9 Å². The normalized spacial score (nSPS) is 22.4. The number of rotatable bonds is 5. The van der Waals surface area contributed by atoms with Gasteiger partial charge in [-0.2, -0.15) is 0 Å². The van der Waals surface area contributed by atoms with E-state index in [0.29, 0.717) is 25.4 Å². The predicted octanol–water partition coefficient (Wildman–Crippen LogP) is 4.37. The van der Waals surface area contributed by atoms with Crippen LogP contribution in [0.4, 0.5) is 19.7 Å². The number of cyclic esters (lactones) is 1. The Labute approximate surface area is 194 Å². The topological polar surface area (TPSA) is 93.2 Å². The average molecular weight is 485 g/mol. The third-order valence-corrected chi connectivity index (χ3v) is 7.14. The zero-order chi connectivity index (χ0) is 24.6. The third-order valence-electron chi connectivity index (χ3n) is 6.03. The standard InChI is InChI=1S/C23H33FN2O6S/c1-22(2,3)31-20(27)25-12-9-16(10-13-25)8-11-23(4)15-26(21(28)32-23)19-7-6-17(14-18(19)24)33(5,29)30/h6-7,14,16H,8-13,15H2,1-5H3. The molecule has 184 valence electrons. The largest absolute Gasteiger partial charge is 0.444 e. The van der Waals surface area contributed by atoms with Crippen LogP contribution in [0.5, 0.6) is 0 Å². The lowest BCUT2D eigenvalue weighted by Crippen LogP contribution is -2.42. The van der Waals surface area contributed by atoms with Crippen molar-refractivity contribution in [1.82, 2.24) is 4.90 Å². The maximum absolute atomic E-state index is 14.6.